The first-order valence-corrected chi connectivity index (χ1v) is 20.7. The molecule has 0 aliphatic carbocycles. The van der Waals surface area contributed by atoms with E-state index in [1.807, 2.05) is 0 Å². The molecule has 0 aromatic rings. The smallest absolute Gasteiger partial charge is 0.364 e. The molecule has 0 aromatic heterocycles. The zero-order valence-electron chi connectivity index (χ0n) is 34.6. The van der Waals surface area contributed by atoms with Crippen LogP contribution in [-0.2, 0) is 47.5 Å². The summed E-state index contributed by atoms with van der Waals surface area (Å²) in [5, 5.41) is 157. The van der Waals surface area contributed by atoms with Gasteiger partial charge < -0.3 is 132 Å². The molecule has 4 rings (SSSR count). The number of carbonyl (C=O) groups is 2. The van der Waals surface area contributed by atoms with Crippen molar-refractivity contribution >= 4 is 11.9 Å². The zero-order valence-corrected chi connectivity index (χ0v) is 34.6. The molecule has 22 atom stereocenters. The van der Waals surface area contributed by atoms with E-state index < -0.39 is 192 Å². The summed E-state index contributed by atoms with van der Waals surface area (Å²) in [7, 11) is 0. The Morgan fingerprint density at radius 2 is 1.16 bits per heavy atom. The van der Waals surface area contributed by atoms with E-state index in [4.69, 9.17) is 55.1 Å². The van der Waals surface area contributed by atoms with Gasteiger partial charge in [0, 0.05) is 25.9 Å². The molecule has 4 aliphatic heterocycles. The Kier molecular flexibility index (Phi) is 20.3. The second-order valence-corrected chi connectivity index (χ2v) is 16.3. The van der Waals surface area contributed by atoms with E-state index in [9.17, 15) is 86.2 Å². The monoisotopic (exact) mass is 939 g/mol. The molecule has 4 fully saturated rings. The Bertz CT molecular complexity index is 1460. The van der Waals surface area contributed by atoms with Gasteiger partial charge in [-0.3, -0.25) is 0 Å². The summed E-state index contributed by atoms with van der Waals surface area (Å²) in [4.78, 5) is 25.6. The maximum absolute atomic E-state index is 13.1. The normalized spacial score (nSPS) is 42.9. The van der Waals surface area contributed by atoms with Gasteiger partial charge in [-0.05, 0) is 25.8 Å². The molecule has 28 heteroatoms. The van der Waals surface area contributed by atoms with Crippen molar-refractivity contribution in [3.8, 4) is 0 Å². The van der Waals surface area contributed by atoms with Gasteiger partial charge in [0.05, 0.1) is 56.8 Å². The molecule has 28 nitrogen and oxygen atoms in total. The number of carboxylic acids is 2. The van der Waals surface area contributed by atoms with Crippen LogP contribution in [0.4, 0.5) is 0 Å². The standard InChI is InChI=1S/C36H65N3O25/c37-4-2-1-3-5-57-31-14(43)6-13(42)23(47)19(61-31)11-59-36(34(55)56)8-18(22(39)30(64-36)25(49)17(46)10-41)60-32-28(52)27(51)26(50)20(62-32)12-58-35(33(53)54)7-15(44)21(38)29(63-35)24(48)16(45)9-40/h13-32,40-52H,1-12,37-39H2,(H,53,54)(H,55,56)/t13?,14?,15?,16-,17-,18?,19?,20?,21-,22-,23-,24-,25-,26+,27?,28?,29?,30?,31+,32+,35-,36-/m1/s1. The second-order valence-electron chi connectivity index (χ2n) is 16.3. The lowest BCUT2D eigenvalue weighted by atomic mass is 9.88. The van der Waals surface area contributed by atoms with Gasteiger partial charge in [0.1, 0.15) is 79.4 Å². The van der Waals surface area contributed by atoms with Gasteiger partial charge in [-0.1, -0.05) is 0 Å². The molecule has 0 spiro atoms. The molecule has 21 N–H and O–H groups in total. The summed E-state index contributed by atoms with van der Waals surface area (Å²) < 4.78 is 45.2. The van der Waals surface area contributed by atoms with Crippen LogP contribution >= 0.6 is 0 Å². The number of ether oxygens (including phenoxy) is 8. The molecular formula is C36H65N3O25. The first kappa shape index (κ1) is 54.6. The number of carboxylic acid groups (broad SMARTS) is 2. The second kappa shape index (κ2) is 23.8. The fraction of sp³-hybridized carbons (Fsp3) is 0.944. The van der Waals surface area contributed by atoms with E-state index in [1.54, 1.807) is 0 Å². The molecule has 0 bridgehead atoms. The fourth-order valence-corrected chi connectivity index (χ4v) is 7.68. The molecule has 4 saturated heterocycles. The Labute approximate surface area is 365 Å². The summed E-state index contributed by atoms with van der Waals surface area (Å²) >= 11 is 0. The van der Waals surface area contributed by atoms with Crippen LogP contribution in [0.15, 0.2) is 0 Å². The molecule has 10 unspecified atom stereocenters. The van der Waals surface area contributed by atoms with Gasteiger partial charge >= 0.3 is 11.9 Å². The van der Waals surface area contributed by atoms with Gasteiger partial charge in [0.2, 0.25) is 0 Å². The molecule has 0 amide bonds. The summed E-state index contributed by atoms with van der Waals surface area (Å²) in [6.45, 7) is -3.62. The van der Waals surface area contributed by atoms with Crippen LogP contribution < -0.4 is 17.2 Å². The Hall–Kier alpha value is -2.02. The highest BCUT2D eigenvalue weighted by molar-refractivity contribution is 5.76. The SMILES string of the molecule is NCCCCCO[C@H]1OC(CO[C@]2(C(=O)O)CC(O[C@H]3OC(CO[C@]4(C(=O)O)CC(O)[C@@H](N)C([C@H](O)[C@H](O)CO)O4)[C@H](O)C(O)C3O)[C@@H](N)C([C@H](O)[C@H](O)CO)O2)[C@H](O)C(O)CC1O. The van der Waals surface area contributed by atoms with Gasteiger partial charge in [0.25, 0.3) is 11.6 Å². The molecule has 4 aliphatic rings. The van der Waals surface area contributed by atoms with Crippen LogP contribution in [0.1, 0.15) is 38.5 Å². The van der Waals surface area contributed by atoms with Crippen LogP contribution in [-0.4, -0.2) is 262 Å². The quantitative estimate of drug-likeness (QED) is 0.0448. The van der Waals surface area contributed by atoms with Crippen molar-refractivity contribution < 1.29 is 124 Å². The van der Waals surface area contributed by atoms with E-state index in [-0.39, 0.29) is 6.61 Å². The third-order valence-electron chi connectivity index (χ3n) is 11.7. The maximum Gasteiger partial charge on any atom is 0.364 e. The van der Waals surface area contributed by atoms with Gasteiger partial charge in [-0.25, -0.2) is 9.59 Å². The number of nitrogens with two attached hydrogens (primary N) is 3. The number of aliphatic hydroxyl groups excluding tert-OH is 13. The van der Waals surface area contributed by atoms with E-state index in [0.717, 1.165) is 0 Å². The molecule has 0 saturated carbocycles. The summed E-state index contributed by atoms with van der Waals surface area (Å²) in [6.07, 6.45) is -34.5. The maximum atomic E-state index is 13.1. The predicted octanol–water partition coefficient (Wildman–Crippen LogP) is -9.86. The Balaban J connectivity index is 1.59. The Morgan fingerprint density at radius 1 is 0.641 bits per heavy atom. The van der Waals surface area contributed by atoms with Crippen molar-refractivity contribution in [3.63, 3.8) is 0 Å². The van der Waals surface area contributed by atoms with Crippen molar-refractivity contribution in [2.45, 2.75) is 172 Å². The summed E-state index contributed by atoms with van der Waals surface area (Å²) in [5.74, 6) is -9.70. The first-order valence-electron chi connectivity index (χ1n) is 20.7. The summed E-state index contributed by atoms with van der Waals surface area (Å²) in [5.41, 5.74) is 17.8. The number of aliphatic carboxylic acids is 2. The van der Waals surface area contributed by atoms with Gasteiger partial charge in [-0.15, -0.1) is 0 Å². The fourth-order valence-electron chi connectivity index (χ4n) is 7.68. The van der Waals surface area contributed by atoms with Crippen LogP contribution in [0.5, 0.6) is 0 Å². The van der Waals surface area contributed by atoms with E-state index >= 15 is 0 Å². The third-order valence-corrected chi connectivity index (χ3v) is 11.7. The molecule has 0 aromatic carbocycles. The average molecular weight is 940 g/mol. The minimum Gasteiger partial charge on any atom is -0.477 e. The minimum atomic E-state index is -2.97. The molecular weight excluding hydrogens is 874 g/mol. The molecule has 64 heavy (non-hydrogen) atoms. The minimum absolute atomic E-state index is 0.0637. The summed E-state index contributed by atoms with van der Waals surface area (Å²) in [6, 6.07) is -3.22. The number of hydrogen-bond donors (Lipinski definition) is 18. The highest BCUT2D eigenvalue weighted by Gasteiger charge is 2.59. The van der Waals surface area contributed by atoms with Crippen LogP contribution in [0, 0.1) is 0 Å². The number of rotatable bonds is 22. The lowest BCUT2D eigenvalue weighted by Gasteiger charge is -2.49. The third kappa shape index (κ3) is 12.5. The molecule has 4 heterocycles. The highest BCUT2D eigenvalue weighted by atomic mass is 16.8. The number of hydrogen-bond acceptors (Lipinski definition) is 26. The number of aliphatic hydroxyl groups is 13. The average Bonchev–Trinajstić information content (AvgIpc) is 3.36. The van der Waals surface area contributed by atoms with Crippen molar-refractivity contribution in [3.05, 3.63) is 0 Å². The first-order chi connectivity index (χ1) is 30.1. The van der Waals surface area contributed by atoms with Gasteiger partial charge in [0.15, 0.2) is 12.6 Å². The van der Waals surface area contributed by atoms with Crippen molar-refractivity contribution in [1.82, 2.24) is 0 Å². The van der Waals surface area contributed by atoms with E-state index in [1.165, 1.54) is 0 Å². The van der Waals surface area contributed by atoms with E-state index in [0.29, 0.717) is 25.8 Å². The topological polar surface area (TPSA) is 489 Å². The zero-order chi connectivity index (χ0) is 47.8. The lowest BCUT2D eigenvalue weighted by molar-refractivity contribution is -0.360. The van der Waals surface area contributed by atoms with Crippen molar-refractivity contribution in [2.75, 3.05) is 39.6 Å². The van der Waals surface area contributed by atoms with Gasteiger partial charge in [-0.2, -0.15) is 0 Å². The number of unbranched alkanes of at least 4 members (excludes halogenated alkanes) is 2. The van der Waals surface area contributed by atoms with Crippen LogP contribution in [0.25, 0.3) is 0 Å². The van der Waals surface area contributed by atoms with Crippen molar-refractivity contribution in [1.29, 1.82) is 0 Å². The Morgan fingerprint density at radius 3 is 1.69 bits per heavy atom. The molecule has 0 radical (unpaired) electrons. The highest BCUT2D eigenvalue weighted by Crippen LogP contribution is 2.38. The largest absolute Gasteiger partial charge is 0.477 e. The lowest BCUT2D eigenvalue weighted by Crippen LogP contribution is -2.69. The van der Waals surface area contributed by atoms with Crippen LogP contribution in [0.2, 0.25) is 0 Å². The van der Waals surface area contributed by atoms with E-state index in [2.05, 4.69) is 0 Å². The van der Waals surface area contributed by atoms with Crippen molar-refractivity contribution in [2.24, 2.45) is 17.2 Å². The predicted molar refractivity (Wildman–Crippen MR) is 203 cm³/mol. The molecule has 374 valence electrons. The van der Waals surface area contributed by atoms with Crippen LogP contribution in [0.3, 0.4) is 0 Å².